The summed E-state index contributed by atoms with van der Waals surface area (Å²) in [6.07, 6.45) is 1.35. The molecule has 2 unspecified atom stereocenters. The molecule has 86 valence electrons. The van der Waals surface area contributed by atoms with E-state index in [-0.39, 0.29) is 0 Å². The lowest BCUT2D eigenvalue weighted by Gasteiger charge is -2.23. The smallest absolute Gasteiger partial charge is 0.0666 e. The van der Waals surface area contributed by atoms with Crippen LogP contribution in [0.15, 0.2) is 0 Å². The first-order chi connectivity index (χ1) is 7.65. The number of hydrogen-bond acceptors (Lipinski definition) is 3. The third-order valence-electron chi connectivity index (χ3n) is 4.20. The Labute approximate surface area is 96.9 Å². The highest BCUT2D eigenvalue weighted by Crippen LogP contribution is 2.39. The van der Waals surface area contributed by atoms with Gasteiger partial charge in [0.25, 0.3) is 0 Å². The van der Waals surface area contributed by atoms with E-state index in [2.05, 4.69) is 23.7 Å². The number of hydrogen-bond donors (Lipinski definition) is 0. The van der Waals surface area contributed by atoms with Crippen LogP contribution in [0.1, 0.15) is 35.1 Å². The van der Waals surface area contributed by atoms with Gasteiger partial charge in [-0.05, 0) is 39.7 Å². The molecule has 3 atom stereocenters. The third-order valence-corrected chi connectivity index (χ3v) is 4.20. The first kappa shape index (κ1) is 10.2. The summed E-state index contributed by atoms with van der Waals surface area (Å²) in [5, 5.41) is 0. The zero-order valence-corrected chi connectivity index (χ0v) is 10.3. The van der Waals surface area contributed by atoms with Crippen molar-refractivity contribution in [1.29, 1.82) is 0 Å². The minimum Gasteiger partial charge on any atom is -0.302 e. The average molecular weight is 217 g/mol. The maximum absolute atomic E-state index is 4.78. The van der Waals surface area contributed by atoms with E-state index in [0.717, 1.165) is 23.0 Å². The second kappa shape index (κ2) is 3.52. The maximum Gasteiger partial charge on any atom is 0.0666 e. The molecular weight excluding hydrogens is 198 g/mol. The lowest BCUT2D eigenvalue weighted by molar-refractivity contribution is 0.342. The summed E-state index contributed by atoms with van der Waals surface area (Å²) in [5.41, 5.74) is 4.57. The van der Waals surface area contributed by atoms with Crippen molar-refractivity contribution < 1.29 is 0 Å². The van der Waals surface area contributed by atoms with Crippen molar-refractivity contribution >= 4 is 0 Å². The molecule has 2 aliphatic heterocycles. The molecule has 2 saturated heterocycles. The zero-order chi connectivity index (χ0) is 11.3. The molecule has 3 rings (SSSR count). The van der Waals surface area contributed by atoms with Crippen LogP contribution in [0.3, 0.4) is 0 Å². The van der Waals surface area contributed by atoms with Crippen molar-refractivity contribution in [3.8, 4) is 0 Å². The molecule has 16 heavy (non-hydrogen) atoms. The first-order valence-corrected chi connectivity index (χ1v) is 6.19. The van der Waals surface area contributed by atoms with Gasteiger partial charge in [-0.1, -0.05) is 0 Å². The fourth-order valence-electron chi connectivity index (χ4n) is 3.18. The van der Waals surface area contributed by atoms with Crippen LogP contribution in [-0.4, -0.2) is 34.5 Å². The molecule has 0 amide bonds. The predicted molar refractivity (Wildman–Crippen MR) is 63.5 cm³/mol. The van der Waals surface area contributed by atoms with Gasteiger partial charge in [-0.2, -0.15) is 0 Å². The largest absolute Gasteiger partial charge is 0.302 e. The van der Waals surface area contributed by atoms with Gasteiger partial charge in [-0.3, -0.25) is 9.97 Å². The number of rotatable bonds is 1. The average Bonchev–Trinajstić information content (AvgIpc) is 2.84. The Morgan fingerprint density at radius 2 is 1.75 bits per heavy atom. The molecule has 0 radical (unpaired) electrons. The van der Waals surface area contributed by atoms with Crippen molar-refractivity contribution in [2.24, 2.45) is 5.92 Å². The molecule has 2 fully saturated rings. The summed E-state index contributed by atoms with van der Waals surface area (Å²) in [5.74, 6) is 1.47. The number of aryl methyl sites for hydroxylation is 3. The van der Waals surface area contributed by atoms with Gasteiger partial charge in [0.05, 0.1) is 22.8 Å². The molecule has 0 aromatic carbocycles. The van der Waals surface area contributed by atoms with E-state index >= 15 is 0 Å². The highest BCUT2D eigenvalue weighted by molar-refractivity contribution is 5.24. The van der Waals surface area contributed by atoms with Gasteiger partial charge < -0.3 is 4.90 Å². The Bertz CT molecular complexity index is 427. The van der Waals surface area contributed by atoms with Crippen LogP contribution in [0.4, 0.5) is 0 Å². The number of piperidine rings is 1. The van der Waals surface area contributed by atoms with Crippen molar-refractivity contribution in [3.63, 3.8) is 0 Å². The number of aromatic nitrogens is 2. The number of nitrogens with zero attached hydrogens (tertiary/aromatic N) is 3. The topological polar surface area (TPSA) is 29.0 Å². The number of fused-ring (bicyclic) bond motifs is 2. The highest BCUT2D eigenvalue weighted by Gasteiger charge is 2.40. The van der Waals surface area contributed by atoms with Gasteiger partial charge in [-0.25, -0.2) is 0 Å². The lowest BCUT2D eigenvalue weighted by Crippen LogP contribution is -2.24. The summed E-state index contributed by atoms with van der Waals surface area (Å²) in [6.45, 7) is 9.98. The van der Waals surface area contributed by atoms with Crippen LogP contribution < -0.4 is 0 Å². The molecule has 3 heteroatoms. The monoisotopic (exact) mass is 217 g/mol. The molecule has 1 aromatic rings. The van der Waals surface area contributed by atoms with E-state index in [1.54, 1.807) is 0 Å². The normalized spacial score (nSPS) is 32.3. The SMILES string of the molecule is Cc1nc(C)c([C@H]2CN3CCC2C3)nc1C. The summed E-state index contributed by atoms with van der Waals surface area (Å²) < 4.78 is 0. The van der Waals surface area contributed by atoms with Crippen molar-refractivity contribution in [3.05, 3.63) is 22.8 Å². The molecule has 2 aliphatic rings. The van der Waals surface area contributed by atoms with E-state index in [1.165, 1.54) is 31.7 Å². The summed E-state index contributed by atoms with van der Waals surface area (Å²) >= 11 is 0. The van der Waals surface area contributed by atoms with E-state index in [4.69, 9.17) is 4.98 Å². The van der Waals surface area contributed by atoms with Gasteiger partial charge >= 0.3 is 0 Å². The first-order valence-electron chi connectivity index (χ1n) is 6.19. The highest BCUT2D eigenvalue weighted by atomic mass is 15.2. The van der Waals surface area contributed by atoms with Crippen molar-refractivity contribution in [2.75, 3.05) is 19.6 Å². The van der Waals surface area contributed by atoms with E-state index in [0.29, 0.717) is 5.92 Å². The van der Waals surface area contributed by atoms with Gasteiger partial charge in [0, 0.05) is 19.0 Å². The summed E-state index contributed by atoms with van der Waals surface area (Å²) in [7, 11) is 0. The van der Waals surface area contributed by atoms with Crippen LogP contribution in [0.5, 0.6) is 0 Å². The van der Waals surface area contributed by atoms with Gasteiger partial charge in [0.2, 0.25) is 0 Å². The molecule has 0 saturated carbocycles. The Hall–Kier alpha value is -0.960. The van der Waals surface area contributed by atoms with Crippen LogP contribution in [0.2, 0.25) is 0 Å². The maximum atomic E-state index is 4.78. The Balaban J connectivity index is 1.98. The lowest BCUT2D eigenvalue weighted by atomic mass is 9.88. The molecular formula is C13H19N3. The molecule has 2 bridgehead atoms. The quantitative estimate of drug-likeness (QED) is 0.718. The van der Waals surface area contributed by atoms with E-state index < -0.39 is 0 Å². The Kier molecular flexibility index (Phi) is 2.25. The predicted octanol–water partition coefficient (Wildman–Crippen LogP) is 1.82. The molecule has 0 spiro atoms. The molecule has 3 nitrogen and oxygen atoms in total. The fourth-order valence-corrected chi connectivity index (χ4v) is 3.18. The van der Waals surface area contributed by atoms with Gasteiger partial charge in [0.15, 0.2) is 0 Å². The molecule has 1 aromatic heterocycles. The van der Waals surface area contributed by atoms with E-state index in [9.17, 15) is 0 Å². The fraction of sp³-hybridized carbons (Fsp3) is 0.692. The van der Waals surface area contributed by atoms with Crippen LogP contribution in [0, 0.1) is 26.7 Å². The summed E-state index contributed by atoms with van der Waals surface area (Å²) in [4.78, 5) is 12.0. The van der Waals surface area contributed by atoms with Crippen LogP contribution in [-0.2, 0) is 0 Å². The van der Waals surface area contributed by atoms with Crippen molar-refractivity contribution in [1.82, 2.24) is 14.9 Å². The minimum absolute atomic E-state index is 0.639. The minimum atomic E-state index is 0.639. The van der Waals surface area contributed by atoms with Gasteiger partial charge in [-0.15, -0.1) is 0 Å². The Morgan fingerprint density at radius 3 is 2.38 bits per heavy atom. The van der Waals surface area contributed by atoms with Crippen LogP contribution in [0.25, 0.3) is 0 Å². The molecule has 0 N–H and O–H groups in total. The molecule has 3 heterocycles. The standard InChI is InChI=1S/C13H19N3/c1-8-9(2)15-13(10(3)14-8)12-7-16-5-4-11(12)6-16/h11-12H,4-7H2,1-3H3/t11?,12-/m0/s1. The van der Waals surface area contributed by atoms with Crippen LogP contribution >= 0.6 is 0 Å². The summed E-state index contributed by atoms with van der Waals surface area (Å²) in [6, 6.07) is 0. The van der Waals surface area contributed by atoms with E-state index in [1.807, 2.05) is 6.92 Å². The molecule has 0 aliphatic carbocycles. The van der Waals surface area contributed by atoms with Gasteiger partial charge in [0.1, 0.15) is 0 Å². The zero-order valence-electron chi connectivity index (χ0n) is 10.3. The van der Waals surface area contributed by atoms with Crippen molar-refractivity contribution in [2.45, 2.75) is 33.1 Å². The Morgan fingerprint density at radius 1 is 1.00 bits per heavy atom. The second-order valence-corrected chi connectivity index (χ2v) is 5.28. The second-order valence-electron chi connectivity index (χ2n) is 5.28. The third kappa shape index (κ3) is 1.46.